The van der Waals surface area contributed by atoms with Crippen molar-refractivity contribution in [2.45, 2.75) is 19.4 Å². The second kappa shape index (κ2) is 5.57. The molecule has 19 heavy (non-hydrogen) atoms. The molecule has 1 fully saturated rings. The number of nitrogen functional groups attached to an aromatic ring is 1. The number of carbonyl (C=O) groups is 1. The Morgan fingerprint density at radius 3 is 2.95 bits per heavy atom. The molecule has 1 aliphatic rings. The van der Waals surface area contributed by atoms with Gasteiger partial charge in [0.1, 0.15) is 5.82 Å². The highest BCUT2D eigenvalue weighted by Gasteiger charge is 2.30. The smallest absolute Gasteiger partial charge is 0.256 e. The van der Waals surface area contributed by atoms with Crippen LogP contribution >= 0.6 is 0 Å². The molecule has 0 radical (unpaired) electrons. The average Bonchev–Trinajstić information content (AvgIpc) is 2.41. The number of benzene rings is 1. The minimum atomic E-state index is -0.535. The molecule has 1 heterocycles. The van der Waals surface area contributed by atoms with E-state index in [1.807, 2.05) is 0 Å². The summed E-state index contributed by atoms with van der Waals surface area (Å²) in [6.45, 7) is 3.20. The Kier molecular flexibility index (Phi) is 4.04. The first kappa shape index (κ1) is 13.8. The van der Waals surface area contributed by atoms with E-state index < -0.39 is 5.82 Å². The molecule has 1 aromatic carbocycles. The molecule has 0 spiro atoms. The van der Waals surface area contributed by atoms with Crippen LogP contribution in [0.1, 0.15) is 23.7 Å². The molecule has 2 rings (SSSR count). The SMILES string of the molecule is COC1CN(C(=O)c2cc(N)ccc2F)CCC1C. The standard InChI is InChI=1S/C14H19FN2O2/c1-9-5-6-17(8-13(9)19-2)14(18)11-7-10(16)3-4-12(11)15/h3-4,7,9,13H,5-6,8,16H2,1-2H3. The quantitative estimate of drug-likeness (QED) is 0.832. The van der Waals surface area contributed by atoms with E-state index >= 15 is 0 Å². The molecule has 4 nitrogen and oxygen atoms in total. The summed E-state index contributed by atoms with van der Waals surface area (Å²) in [5.74, 6) is -0.453. The first-order valence-electron chi connectivity index (χ1n) is 6.40. The number of hydrogen-bond donors (Lipinski definition) is 1. The van der Waals surface area contributed by atoms with Crippen LogP contribution in [0.2, 0.25) is 0 Å². The van der Waals surface area contributed by atoms with Gasteiger partial charge in [-0.15, -0.1) is 0 Å². The van der Waals surface area contributed by atoms with Crippen molar-refractivity contribution < 1.29 is 13.9 Å². The fourth-order valence-electron chi connectivity index (χ4n) is 2.40. The largest absolute Gasteiger partial charge is 0.399 e. The fraction of sp³-hybridized carbons (Fsp3) is 0.500. The maximum atomic E-state index is 13.7. The van der Waals surface area contributed by atoms with Gasteiger partial charge in [-0.1, -0.05) is 6.92 Å². The molecule has 0 aliphatic carbocycles. The van der Waals surface area contributed by atoms with Crippen molar-refractivity contribution in [3.63, 3.8) is 0 Å². The number of halogens is 1. The van der Waals surface area contributed by atoms with Crippen LogP contribution in [0.4, 0.5) is 10.1 Å². The molecule has 5 heteroatoms. The number of methoxy groups -OCH3 is 1. The van der Waals surface area contributed by atoms with Crippen LogP contribution in [0.25, 0.3) is 0 Å². The van der Waals surface area contributed by atoms with Crippen LogP contribution in [-0.2, 0) is 4.74 Å². The van der Waals surface area contributed by atoms with Crippen molar-refractivity contribution in [2.24, 2.45) is 5.92 Å². The van der Waals surface area contributed by atoms with Crippen LogP contribution in [-0.4, -0.2) is 37.1 Å². The lowest BCUT2D eigenvalue weighted by molar-refractivity contribution is -0.00172. The van der Waals surface area contributed by atoms with E-state index in [-0.39, 0.29) is 17.6 Å². The number of anilines is 1. The average molecular weight is 266 g/mol. The summed E-state index contributed by atoms with van der Waals surface area (Å²) in [5.41, 5.74) is 6.03. The van der Waals surface area contributed by atoms with Gasteiger partial charge in [-0.2, -0.15) is 0 Å². The summed E-state index contributed by atoms with van der Waals surface area (Å²) in [6, 6.07) is 4.06. The summed E-state index contributed by atoms with van der Waals surface area (Å²) in [5, 5.41) is 0. The lowest BCUT2D eigenvalue weighted by atomic mass is 9.95. The van der Waals surface area contributed by atoms with E-state index in [1.165, 1.54) is 18.2 Å². The normalized spacial score (nSPS) is 23.4. The minimum absolute atomic E-state index is 0.00169. The number of hydrogen-bond acceptors (Lipinski definition) is 3. The van der Waals surface area contributed by atoms with E-state index in [0.717, 1.165) is 6.42 Å². The summed E-state index contributed by atoms with van der Waals surface area (Å²) in [7, 11) is 1.64. The number of amides is 1. The zero-order valence-electron chi connectivity index (χ0n) is 11.2. The monoisotopic (exact) mass is 266 g/mol. The van der Waals surface area contributed by atoms with Gasteiger partial charge in [0.15, 0.2) is 0 Å². The highest BCUT2D eigenvalue weighted by molar-refractivity contribution is 5.95. The van der Waals surface area contributed by atoms with Crippen molar-refractivity contribution in [3.05, 3.63) is 29.6 Å². The molecule has 2 unspecified atom stereocenters. The topological polar surface area (TPSA) is 55.6 Å². The molecule has 1 aliphatic heterocycles. The summed E-state index contributed by atoms with van der Waals surface area (Å²) in [4.78, 5) is 13.9. The van der Waals surface area contributed by atoms with Crippen molar-refractivity contribution >= 4 is 11.6 Å². The Bertz CT molecular complexity index is 479. The first-order valence-corrected chi connectivity index (χ1v) is 6.40. The predicted octanol–water partition coefficient (Wildman–Crippen LogP) is 1.90. The number of rotatable bonds is 2. The lowest BCUT2D eigenvalue weighted by Gasteiger charge is -2.36. The molecule has 2 N–H and O–H groups in total. The number of nitrogens with zero attached hydrogens (tertiary/aromatic N) is 1. The zero-order valence-corrected chi connectivity index (χ0v) is 11.2. The van der Waals surface area contributed by atoms with Crippen molar-refractivity contribution in [2.75, 3.05) is 25.9 Å². The second-order valence-electron chi connectivity index (χ2n) is 5.03. The Hall–Kier alpha value is -1.62. The first-order chi connectivity index (χ1) is 9.02. The van der Waals surface area contributed by atoms with Gasteiger partial charge in [0.05, 0.1) is 11.7 Å². The van der Waals surface area contributed by atoms with Gasteiger partial charge < -0.3 is 15.4 Å². The molecule has 1 aromatic rings. The van der Waals surface area contributed by atoms with Crippen LogP contribution in [0.5, 0.6) is 0 Å². The van der Waals surface area contributed by atoms with Gasteiger partial charge in [0.25, 0.3) is 5.91 Å². The van der Waals surface area contributed by atoms with Gasteiger partial charge in [-0.05, 0) is 30.5 Å². The van der Waals surface area contributed by atoms with Gasteiger partial charge in [-0.25, -0.2) is 4.39 Å². The highest BCUT2D eigenvalue weighted by Crippen LogP contribution is 2.22. The maximum absolute atomic E-state index is 13.7. The third-order valence-corrected chi connectivity index (χ3v) is 3.70. The molecule has 2 atom stereocenters. The molecule has 0 saturated carbocycles. The number of ether oxygens (including phenoxy) is 1. The van der Waals surface area contributed by atoms with Gasteiger partial charge in [0.2, 0.25) is 0 Å². The highest BCUT2D eigenvalue weighted by atomic mass is 19.1. The summed E-state index contributed by atoms with van der Waals surface area (Å²) in [6.07, 6.45) is 0.857. The third-order valence-electron chi connectivity index (χ3n) is 3.70. The number of piperidine rings is 1. The molecule has 104 valence electrons. The molecule has 0 bridgehead atoms. The van der Waals surface area contributed by atoms with E-state index in [1.54, 1.807) is 12.0 Å². The summed E-state index contributed by atoms with van der Waals surface area (Å²) < 4.78 is 19.1. The zero-order chi connectivity index (χ0) is 14.0. The fourth-order valence-corrected chi connectivity index (χ4v) is 2.40. The maximum Gasteiger partial charge on any atom is 0.256 e. The predicted molar refractivity (Wildman–Crippen MR) is 71.3 cm³/mol. The molecule has 1 amide bonds. The molecule has 0 aromatic heterocycles. The Morgan fingerprint density at radius 2 is 2.26 bits per heavy atom. The van der Waals surface area contributed by atoms with E-state index in [9.17, 15) is 9.18 Å². The van der Waals surface area contributed by atoms with Gasteiger partial charge in [0, 0.05) is 25.9 Å². The number of nitrogens with two attached hydrogens (primary N) is 1. The Labute approximate surface area is 112 Å². The number of likely N-dealkylation sites (tertiary alicyclic amines) is 1. The van der Waals surface area contributed by atoms with Crippen molar-refractivity contribution in [3.8, 4) is 0 Å². The van der Waals surface area contributed by atoms with E-state index in [0.29, 0.717) is 24.7 Å². The van der Waals surface area contributed by atoms with E-state index in [2.05, 4.69) is 6.92 Å². The van der Waals surface area contributed by atoms with Crippen molar-refractivity contribution in [1.82, 2.24) is 4.90 Å². The van der Waals surface area contributed by atoms with Gasteiger partial charge in [-0.3, -0.25) is 4.79 Å². The van der Waals surface area contributed by atoms with Crippen LogP contribution in [0, 0.1) is 11.7 Å². The van der Waals surface area contributed by atoms with Crippen LogP contribution < -0.4 is 5.73 Å². The lowest BCUT2D eigenvalue weighted by Crippen LogP contribution is -2.46. The third kappa shape index (κ3) is 2.87. The van der Waals surface area contributed by atoms with Gasteiger partial charge >= 0.3 is 0 Å². The van der Waals surface area contributed by atoms with E-state index in [4.69, 9.17) is 10.5 Å². The van der Waals surface area contributed by atoms with Crippen molar-refractivity contribution in [1.29, 1.82) is 0 Å². The Balaban J connectivity index is 2.18. The van der Waals surface area contributed by atoms with Crippen LogP contribution in [0.3, 0.4) is 0 Å². The number of carbonyl (C=O) groups excluding carboxylic acids is 1. The molecule has 1 saturated heterocycles. The molecular formula is C14H19FN2O2. The van der Waals surface area contributed by atoms with Crippen LogP contribution in [0.15, 0.2) is 18.2 Å². The minimum Gasteiger partial charge on any atom is -0.399 e. The molecular weight excluding hydrogens is 247 g/mol. The Morgan fingerprint density at radius 1 is 1.53 bits per heavy atom. The summed E-state index contributed by atoms with van der Waals surface area (Å²) >= 11 is 0. The second-order valence-corrected chi connectivity index (χ2v) is 5.03.